The highest BCUT2D eigenvalue weighted by atomic mass is 16.3. The molecule has 12 rings (SSSR count). The number of hydrogen-bond donors (Lipinski definition) is 0. The van der Waals surface area contributed by atoms with Crippen molar-refractivity contribution in [2.24, 2.45) is 0 Å². The van der Waals surface area contributed by atoms with Gasteiger partial charge in [-0.2, -0.15) is 9.97 Å². The van der Waals surface area contributed by atoms with E-state index in [0.29, 0.717) is 22.9 Å². The molecule has 0 amide bonds. The van der Waals surface area contributed by atoms with Gasteiger partial charge in [-0.3, -0.25) is 4.57 Å². The first-order valence-electron chi connectivity index (χ1n) is 20.1. The van der Waals surface area contributed by atoms with Crippen LogP contribution < -0.4 is 27.3 Å². The van der Waals surface area contributed by atoms with Crippen LogP contribution in [0.15, 0.2) is 162 Å². The van der Waals surface area contributed by atoms with E-state index in [-0.39, 0.29) is 38.7 Å². The molecule has 4 aromatic heterocycles. The first-order chi connectivity index (χ1) is 30.3. The standard InChI is InChI=1S/C51H26B5N5O/c52-44-43(45(53)47(55)48(56)46(44)54)50-57-49(58-51(59-50)61-38-16-8-5-12-31(38)32-13-6-9-17-39(32)61)29-19-22-35-36-26-30(20-23-41(36)62-42(35)25-29)60-37-15-7-4-14-33(37)34-21-18-28(24-40(34)60)27-10-2-1-3-11-27/h1-26H. The maximum absolute atomic E-state index is 6.62. The molecule has 0 fully saturated rings. The minimum atomic E-state index is 0.104. The zero-order chi connectivity index (χ0) is 41.8. The van der Waals surface area contributed by atoms with Gasteiger partial charge in [0.1, 0.15) is 50.4 Å². The fourth-order valence-corrected chi connectivity index (χ4v) is 9.04. The fourth-order valence-electron chi connectivity index (χ4n) is 9.04. The monoisotopic (exact) mass is 779 g/mol. The fraction of sp³-hybridized carbons (Fsp3) is 0. The molecule has 6 nitrogen and oxygen atoms in total. The molecule has 10 radical (unpaired) electrons. The number of aromatic nitrogens is 5. The van der Waals surface area contributed by atoms with Gasteiger partial charge in [0.25, 0.3) is 0 Å². The Morgan fingerprint density at radius 3 is 1.58 bits per heavy atom. The van der Waals surface area contributed by atoms with Crippen LogP contribution in [-0.4, -0.2) is 63.3 Å². The van der Waals surface area contributed by atoms with Gasteiger partial charge in [0.2, 0.25) is 5.95 Å². The normalized spacial score (nSPS) is 11.9. The largest absolute Gasteiger partial charge is 0.456 e. The smallest absolute Gasteiger partial charge is 0.238 e. The van der Waals surface area contributed by atoms with Crippen molar-refractivity contribution in [2.45, 2.75) is 0 Å². The van der Waals surface area contributed by atoms with E-state index in [2.05, 4.69) is 95.6 Å². The lowest BCUT2D eigenvalue weighted by Crippen LogP contribution is -2.55. The van der Waals surface area contributed by atoms with Crippen molar-refractivity contribution in [2.75, 3.05) is 0 Å². The van der Waals surface area contributed by atoms with Crippen LogP contribution in [0.5, 0.6) is 0 Å². The quantitative estimate of drug-likeness (QED) is 0.178. The van der Waals surface area contributed by atoms with Gasteiger partial charge in [-0.1, -0.05) is 114 Å². The highest BCUT2D eigenvalue weighted by Crippen LogP contribution is 2.38. The summed E-state index contributed by atoms with van der Waals surface area (Å²) < 4.78 is 10.9. The van der Waals surface area contributed by atoms with Gasteiger partial charge >= 0.3 is 0 Å². The molecular formula is C51H26B5N5O. The Bertz CT molecular complexity index is 3750. The maximum Gasteiger partial charge on any atom is 0.238 e. The third-order valence-electron chi connectivity index (χ3n) is 12.1. The summed E-state index contributed by atoms with van der Waals surface area (Å²) in [7, 11) is 32.2. The van der Waals surface area contributed by atoms with Crippen molar-refractivity contribution in [1.29, 1.82) is 0 Å². The average Bonchev–Trinajstić information content (AvgIpc) is 3.97. The number of rotatable bonds is 5. The first-order valence-corrected chi connectivity index (χ1v) is 20.1. The molecule has 0 saturated carbocycles. The summed E-state index contributed by atoms with van der Waals surface area (Å²) in [6.45, 7) is 0. The highest BCUT2D eigenvalue weighted by Gasteiger charge is 2.22. The van der Waals surface area contributed by atoms with Crippen LogP contribution in [0, 0.1) is 0 Å². The molecule has 276 valence electrons. The number of nitrogens with zero attached hydrogens (tertiary/aromatic N) is 5. The second-order valence-corrected chi connectivity index (χ2v) is 15.5. The molecule has 12 aromatic rings. The van der Waals surface area contributed by atoms with Crippen LogP contribution in [0.25, 0.3) is 111 Å². The molecule has 62 heavy (non-hydrogen) atoms. The number of para-hydroxylation sites is 3. The summed E-state index contributed by atoms with van der Waals surface area (Å²) >= 11 is 0. The van der Waals surface area contributed by atoms with Crippen LogP contribution in [0.1, 0.15) is 0 Å². The van der Waals surface area contributed by atoms with Crippen molar-refractivity contribution in [3.8, 4) is 45.5 Å². The van der Waals surface area contributed by atoms with E-state index >= 15 is 0 Å². The van der Waals surface area contributed by atoms with Gasteiger partial charge in [-0.25, -0.2) is 4.98 Å². The molecule has 8 aromatic carbocycles. The highest BCUT2D eigenvalue weighted by molar-refractivity contribution is 6.68. The number of benzene rings is 8. The van der Waals surface area contributed by atoms with E-state index < -0.39 is 0 Å². The Labute approximate surface area is 362 Å². The molecule has 11 heteroatoms. The van der Waals surface area contributed by atoms with Crippen molar-refractivity contribution < 1.29 is 4.42 Å². The summed E-state index contributed by atoms with van der Waals surface area (Å²) in [4.78, 5) is 15.1. The van der Waals surface area contributed by atoms with Crippen molar-refractivity contribution in [1.82, 2.24) is 24.1 Å². The lowest BCUT2D eigenvalue weighted by molar-refractivity contribution is 0.669. The summed E-state index contributed by atoms with van der Waals surface area (Å²) in [5.74, 6) is 0.907. The maximum atomic E-state index is 6.62. The lowest BCUT2D eigenvalue weighted by atomic mass is 9.60. The van der Waals surface area contributed by atoms with E-state index in [0.717, 1.165) is 60.4 Å². The SMILES string of the molecule is [B]c1c([B])c([B])c(-c2nc(-c3ccc4c(c3)oc3ccc(-n5c6ccccc6c6ccc(-c7ccccc7)cc65)cc34)nc(-n3c4ccccc4c4ccccc43)n2)c([B])c1[B]. The molecule has 0 aliphatic carbocycles. The van der Waals surface area contributed by atoms with Crippen LogP contribution >= 0.6 is 0 Å². The van der Waals surface area contributed by atoms with Gasteiger partial charge in [-0.15, -0.1) is 16.4 Å². The van der Waals surface area contributed by atoms with E-state index in [4.69, 9.17) is 58.6 Å². The molecule has 0 N–H and O–H groups in total. The number of hydrogen-bond acceptors (Lipinski definition) is 4. The average molecular weight is 779 g/mol. The second-order valence-electron chi connectivity index (χ2n) is 15.5. The number of fused-ring (bicyclic) bond motifs is 9. The molecule has 0 bridgehead atoms. The summed E-state index contributed by atoms with van der Waals surface area (Å²) in [5, 5.41) is 6.39. The molecule has 0 aliphatic heterocycles. The van der Waals surface area contributed by atoms with Crippen LogP contribution in [0.3, 0.4) is 0 Å². The molecule has 0 spiro atoms. The molecular weight excluding hydrogens is 753 g/mol. The lowest BCUT2D eigenvalue weighted by Gasteiger charge is -2.20. The third-order valence-corrected chi connectivity index (χ3v) is 12.1. The first kappa shape index (κ1) is 36.4. The Balaban J connectivity index is 1.05. The van der Waals surface area contributed by atoms with Crippen LogP contribution in [0.4, 0.5) is 0 Å². The Morgan fingerprint density at radius 1 is 0.355 bits per heavy atom. The van der Waals surface area contributed by atoms with Gasteiger partial charge in [0, 0.05) is 49.1 Å². The van der Waals surface area contributed by atoms with Crippen LogP contribution in [0.2, 0.25) is 0 Å². The molecule has 4 heterocycles. The van der Waals surface area contributed by atoms with Gasteiger partial charge in [0.15, 0.2) is 11.6 Å². The minimum absolute atomic E-state index is 0.104. The number of furan rings is 1. The minimum Gasteiger partial charge on any atom is -0.456 e. The van der Waals surface area contributed by atoms with E-state index in [9.17, 15) is 0 Å². The van der Waals surface area contributed by atoms with Crippen LogP contribution in [-0.2, 0) is 0 Å². The predicted molar refractivity (Wildman–Crippen MR) is 259 cm³/mol. The predicted octanol–water partition coefficient (Wildman–Crippen LogP) is 6.94. The second kappa shape index (κ2) is 13.8. The van der Waals surface area contributed by atoms with Gasteiger partial charge in [-0.05, 0) is 65.7 Å². The Kier molecular flexibility index (Phi) is 8.07. The van der Waals surface area contributed by atoms with E-state index in [1.165, 1.54) is 16.3 Å². The molecule has 0 saturated heterocycles. The zero-order valence-corrected chi connectivity index (χ0v) is 33.0. The van der Waals surface area contributed by atoms with E-state index in [1.54, 1.807) is 0 Å². The molecule has 0 atom stereocenters. The van der Waals surface area contributed by atoms with Crippen molar-refractivity contribution in [3.63, 3.8) is 0 Å². The Hall–Kier alpha value is -7.51. The van der Waals surface area contributed by atoms with Crippen molar-refractivity contribution >= 4 is 132 Å². The molecule has 0 aliphatic rings. The van der Waals surface area contributed by atoms with E-state index in [1.807, 2.05) is 71.3 Å². The summed E-state index contributed by atoms with van der Waals surface area (Å²) in [6.07, 6.45) is 0. The Morgan fingerprint density at radius 2 is 0.903 bits per heavy atom. The van der Waals surface area contributed by atoms with Gasteiger partial charge < -0.3 is 8.98 Å². The van der Waals surface area contributed by atoms with Crippen molar-refractivity contribution in [3.05, 3.63) is 158 Å². The molecule has 0 unspecified atom stereocenters. The summed E-state index contributed by atoms with van der Waals surface area (Å²) in [5.41, 5.74) is 10.4. The topological polar surface area (TPSA) is 61.7 Å². The zero-order valence-electron chi connectivity index (χ0n) is 33.0. The third kappa shape index (κ3) is 5.40. The summed E-state index contributed by atoms with van der Waals surface area (Å²) in [6, 6.07) is 54.3. The van der Waals surface area contributed by atoms with Gasteiger partial charge in [0.05, 0.1) is 22.1 Å².